The highest BCUT2D eigenvalue weighted by Gasteiger charge is 2.32. The molecule has 1 atom stereocenters. The fraction of sp³-hybridized carbons (Fsp3) is 0.364. The van der Waals surface area contributed by atoms with E-state index >= 15 is 0 Å². The van der Waals surface area contributed by atoms with Crippen LogP contribution in [0.4, 0.5) is 5.69 Å². The van der Waals surface area contributed by atoms with E-state index in [4.69, 9.17) is 17.0 Å². The van der Waals surface area contributed by atoms with Gasteiger partial charge in [0.25, 0.3) is 5.69 Å². The van der Waals surface area contributed by atoms with Crippen molar-refractivity contribution in [3.8, 4) is 0 Å². The van der Waals surface area contributed by atoms with E-state index in [0.717, 1.165) is 5.56 Å². The Morgan fingerprint density at radius 1 is 1.56 bits per heavy atom. The third kappa shape index (κ3) is 2.68. The smallest absolute Gasteiger partial charge is 0.270 e. The van der Waals surface area contributed by atoms with Gasteiger partial charge in [-0.25, -0.2) is 0 Å². The van der Waals surface area contributed by atoms with Crippen LogP contribution in [0.2, 0.25) is 0 Å². The summed E-state index contributed by atoms with van der Waals surface area (Å²) in [5.74, 6) is 0. The molecule has 7 heteroatoms. The zero-order valence-corrected chi connectivity index (χ0v) is 12.0. The normalized spacial score (nSPS) is 23.6. The number of rotatable bonds is 2. The largest absolute Gasteiger partial charge is 0.372 e. The van der Waals surface area contributed by atoms with Gasteiger partial charge in [0.05, 0.1) is 23.7 Å². The number of non-ortho nitro benzene ring substituents is 1. The van der Waals surface area contributed by atoms with E-state index in [1.54, 1.807) is 0 Å². The Bertz CT molecular complexity index is 523. The number of benzene rings is 1. The lowest BCUT2D eigenvalue weighted by molar-refractivity contribution is -0.385. The molecule has 0 bridgehead atoms. The average molecular weight is 331 g/mol. The quantitative estimate of drug-likeness (QED) is 0.512. The van der Waals surface area contributed by atoms with Crippen LogP contribution >= 0.6 is 28.1 Å². The fourth-order valence-electron chi connectivity index (χ4n) is 1.88. The second-order valence-corrected chi connectivity index (χ2v) is 5.74. The Balaban J connectivity index is 2.43. The third-order valence-electron chi connectivity index (χ3n) is 2.77. The minimum Gasteiger partial charge on any atom is -0.372 e. The SMILES string of the molecule is CC1(c2cc(Br)cc([N+](=O)[O-])c2)COCC(=S)N1. The zero-order chi connectivity index (χ0) is 13.3. The van der Waals surface area contributed by atoms with Crippen molar-refractivity contribution in [2.24, 2.45) is 0 Å². The highest BCUT2D eigenvalue weighted by Crippen LogP contribution is 2.30. The molecule has 1 N–H and O–H groups in total. The van der Waals surface area contributed by atoms with Crippen molar-refractivity contribution in [3.63, 3.8) is 0 Å². The van der Waals surface area contributed by atoms with Gasteiger partial charge >= 0.3 is 0 Å². The lowest BCUT2D eigenvalue weighted by Gasteiger charge is -2.36. The second-order valence-electron chi connectivity index (χ2n) is 4.33. The van der Waals surface area contributed by atoms with Crippen LogP contribution in [-0.2, 0) is 10.3 Å². The summed E-state index contributed by atoms with van der Waals surface area (Å²) in [6, 6.07) is 4.83. The lowest BCUT2D eigenvalue weighted by Crippen LogP contribution is -2.52. The summed E-state index contributed by atoms with van der Waals surface area (Å²) in [7, 11) is 0. The maximum atomic E-state index is 10.9. The second kappa shape index (κ2) is 4.91. The predicted octanol–water partition coefficient (Wildman–Crippen LogP) is 2.52. The Morgan fingerprint density at radius 2 is 2.28 bits per heavy atom. The van der Waals surface area contributed by atoms with Gasteiger partial charge in [0.2, 0.25) is 0 Å². The van der Waals surface area contributed by atoms with Gasteiger partial charge in [0.15, 0.2) is 0 Å². The van der Waals surface area contributed by atoms with Crippen molar-refractivity contribution in [3.05, 3.63) is 38.3 Å². The van der Waals surface area contributed by atoms with Crippen LogP contribution < -0.4 is 5.32 Å². The maximum Gasteiger partial charge on any atom is 0.270 e. The van der Waals surface area contributed by atoms with Gasteiger partial charge in [-0.2, -0.15) is 0 Å². The molecule has 0 spiro atoms. The van der Waals surface area contributed by atoms with Crippen molar-refractivity contribution in [2.45, 2.75) is 12.5 Å². The summed E-state index contributed by atoms with van der Waals surface area (Å²) < 4.78 is 6.06. The average Bonchev–Trinajstić information content (AvgIpc) is 2.27. The van der Waals surface area contributed by atoms with Gasteiger partial charge in [0, 0.05) is 16.6 Å². The summed E-state index contributed by atoms with van der Waals surface area (Å²) in [5.41, 5.74) is 0.272. The summed E-state index contributed by atoms with van der Waals surface area (Å²) in [6.45, 7) is 2.71. The number of hydrogen-bond acceptors (Lipinski definition) is 4. The number of nitro groups is 1. The molecule has 1 aromatic rings. The molecule has 1 aliphatic rings. The minimum atomic E-state index is -0.538. The predicted molar refractivity (Wildman–Crippen MR) is 74.7 cm³/mol. The van der Waals surface area contributed by atoms with Crippen LogP contribution in [0.5, 0.6) is 0 Å². The van der Waals surface area contributed by atoms with E-state index in [2.05, 4.69) is 21.2 Å². The number of hydrogen-bond donors (Lipinski definition) is 1. The molecule has 0 aromatic heterocycles. The maximum absolute atomic E-state index is 10.9. The first kappa shape index (κ1) is 13.4. The molecule has 1 unspecified atom stereocenters. The van der Waals surface area contributed by atoms with Crippen molar-refractivity contribution >= 4 is 38.8 Å². The number of ether oxygens (including phenoxy) is 1. The van der Waals surface area contributed by atoms with Crippen molar-refractivity contribution in [1.82, 2.24) is 5.32 Å². The number of halogens is 1. The van der Waals surface area contributed by atoms with E-state index < -0.39 is 10.5 Å². The van der Waals surface area contributed by atoms with Crippen LogP contribution in [0.1, 0.15) is 12.5 Å². The molecular weight excluding hydrogens is 320 g/mol. The first-order valence-corrected chi connectivity index (χ1v) is 6.45. The lowest BCUT2D eigenvalue weighted by atomic mass is 9.91. The number of nitrogens with zero attached hydrogens (tertiary/aromatic N) is 1. The van der Waals surface area contributed by atoms with E-state index in [9.17, 15) is 10.1 Å². The van der Waals surface area contributed by atoms with Crippen LogP contribution in [0.15, 0.2) is 22.7 Å². The molecule has 0 radical (unpaired) electrons. The summed E-state index contributed by atoms with van der Waals surface area (Å²) in [5, 5.41) is 14.0. The molecule has 96 valence electrons. The van der Waals surface area contributed by atoms with Gasteiger partial charge in [-0.3, -0.25) is 10.1 Å². The van der Waals surface area contributed by atoms with Crippen LogP contribution in [0.3, 0.4) is 0 Å². The molecule has 2 rings (SSSR count). The molecule has 0 aliphatic carbocycles. The molecule has 0 amide bonds. The number of nitrogens with one attached hydrogen (secondary N) is 1. The zero-order valence-electron chi connectivity index (χ0n) is 9.60. The topological polar surface area (TPSA) is 64.4 Å². The molecule has 18 heavy (non-hydrogen) atoms. The molecule has 5 nitrogen and oxygen atoms in total. The van der Waals surface area contributed by atoms with E-state index in [1.165, 1.54) is 12.1 Å². The van der Waals surface area contributed by atoms with Crippen molar-refractivity contribution in [2.75, 3.05) is 13.2 Å². The Morgan fingerprint density at radius 3 is 2.89 bits per heavy atom. The van der Waals surface area contributed by atoms with Gasteiger partial charge in [-0.1, -0.05) is 28.1 Å². The summed E-state index contributed by atoms with van der Waals surface area (Å²) in [6.07, 6.45) is 0. The molecule has 1 aromatic carbocycles. The standard InChI is InChI=1S/C11H11BrN2O3S/c1-11(6-17-5-10(18)13-11)7-2-8(12)4-9(3-7)14(15)16/h2-4H,5-6H2,1H3,(H,13,18). The van der Waals surface area contributed by atoms with Crippen LogP contribution in [-0.4, -0.2) is 23.1 Å². The van der Waals surface area contributed by atoms with E-state index in [-0.39, 0.29) is 5.69 Å². The van der Waals surface area contributed by atoms with Crippen molar-refractivity contribution in [1.29, 1.82) is 0 Å². The molecule has 0 saturated carbocycles. The summed E-state index contributed by atoms with van der Waals surface area (Å²) >= 11 is 8.37. The van der Waals surface area contributed by atoms with Crippen molar-refractivity contribution < 1.29 is 9.66 Å². The van der Waals surface area contributed by atoms with Crippen LogP contribution in [0, 0.1) is 10.1 Å². The minimum absolute atomic E-state index is 0.0406. The molecular formula is C11H11BrN2O3S. The molecule has 1 aliphatic heterocycles. The first-order chi connectivity index (χ1) is 8.40. The Labute approximate surface area is 118 Å². The third-order valence-corrected chi connectivity index (χ3v) is 3.45. The van der Waals surface area contributed by atoms with E-state index in [0.29, 0.717) is 22.7 Å². The Hall–Kier alpha value is -1.05. The van der Waals surface area contributed by atoms with Crippen LogP contribution in [0.25, 0.3) is 0 Å². The van der Waals surface area contributed by atoms with Gasteiger partial charge in [-0.05, 0) is 18.6 Å². The van der Waals surface area contributed by atoms with Gasteiger partial charge in [-0.15, -0.1) is 0 Å². The number of morpholine rings is 1. The number of nitro benzene ring substituents is 1. The molecule has 1 heterocycles. The molecule has 1 fully saturated rings. The highest BCUT2D eigenvalue weighted by atomic mass is 79.9. The molecule has 1 saturated heterocycles. The highest BCUT2D eigenvalue weighted by molar-refractivity contribution is 9.10. The monoisotopic (exact) mass is 330 g/mol. The fourth-order valence-corrected chi connectivity index (χ4v) is 2.67. The van der Waals surface area contributed by atoms with Gasteiger partial charge in [0.1, 0.15) is 4.99 Å². The van der Waals surface area contributed by atoms with E-state index in [1.807, 2.05) is 13.0 Å². The number of thiocarbonyl (C=S) groups is 1. The summed E-state index contributed by atoms with van der Waals surface area (Å²) in [4.78, 5) is 11.1. The first-order valence-electron chi connectivity index (χ1n) is 5.25. The van der Waals surface area contributed by atoms with Gasteiger partial charge < -0.3 is 10.1 Å². The Kier molecular flexibility index (Phi) is 3.65.